The third kappa shape index (κ3) is 3.22. The smallest absolute Gasteiger partial charge is 0.119 e. The molecule has 0 aromatic heterocycles. The lowest BCUT2D eigenvalue weighted by molar-refractivity contribution is 0.289. The van der Waals surface area contributed by atoms with Crippen molar-refractivity contribution in [2.45, 2.75) is 38.6 Å². The Morgan fingerprint density at radius 3 is 3.11 bits per heavy atom. The van der Waals surface area contributed by atoms with Gasteiger partial charge in [0.25, 0.3) is 0 Å². The van der Waals surface area contributed by atoms with Crippen LogP contribution in [0.5, 0.6) is 5.75 Å². The fraction of sp³-hybridized carbons (Fsp3) is 0.600. The van der Waals surface area contributed by atoms with Crippen molar-refractivity contribution in [3.8, 4) is 5.75 Å². The van der Waals surface area contributed by atoms with Crippen LogP contribution < -0.4 is 10.1 Å². The van der Waals surface area contributed by atoms with E-state index in [1.54, 1.807) is 0 Å². The molecule has 1 atom stereocenters. The summed E-state index contributed by atoms with van der Waals surface area (Å²) < 4.78 is 17.6. The molecular weight excluding hydrogens is 229 g/mol. The van der Waals surface area contributed by atoms with Crippen LogP contribution in [0, 0.1) is 0 Å². The van der Waals surface area contributed by atoms with Crippen molar-refractivity contribution in [1.82, 2.24) is 5.32 Å². The maximum Gasteiger partial charge on any atom is 0.119 e. The van der Waals surface area contributed by atoms with Gasteiger partial charge in [0.1, 0.15) is 5.75 Å². The van der Waals surface area contributed by atoms with Crippen LogP contribution in [0.25, 0.3) is 0 Å². The van der Waals surface area contributed by atoms with Gasteiger partial charge in [-0.2, -0.15) is 0 Å². The molecule has 1 aromatic rings. The summed E-state index contributed by atoms with van der Waals surface area (Å²) in [5, 5.41) is 3.52. The van der Waals surface area contributed by atoms with Crippen LogP contribution in [0.1, 0.15) is 43.4 Å². The van der Waals surface area contributed by atoms with E-state index >= 15 is 0 Å². The second-order valence-electron chi connectivity index (χ2n) is 4.75. The molecule has 0 saturated heterocycles. The summed E-state index contributed by atoms with van der Waals surface area (Å²) in [7, 11) is 0. The highest BCUT2D eigenvalue weighted by molar-refractivity contribution is 5.39. The Kier molecular flexibility index (Phi) is 5.00. The largest absolute Gasteiger partial charge is 0.493 e. The van der Waals surface area contributed by atoms with Crippen LogP contribution in [0.3, 0.4) is 0 Å². The third-order valence-electron chi connectivity index (χ3n) is 3.43. The first-order chi connectivity index (χ1) is 8.85. The number of hydrogen-bond donors (Lipinski definition) is 1. The maximum absolute atomic E-state index is 12.0. The predicted octanol–water partition coefficient (Wildman–Crippen LogP) is 3.41. The summed E-state index contributed by atoms with van der Waals surface area (Å²) in [6.07, 6.45) is 4.02. The second kappa shape index (κ2) is 6.74. The van der Waals surface area contributed by atoms with Crippen molar-refractivity contribution in [3.63, 3.8) is 0 Å². The van der Waals surface area contributed by atoms with Gasteiger partial charge >= 0.3 is 0 Å². The van der Waals surface area contributed by atoms with E-state index in [9.17, 15) is 4.39 Å². The third-order valence-corrected chi connectivity index (χ3v) is 3.43. The Hall–Kier alpha value is -1.09. The topological polar surface area (TPSA) is 21.3 Å². The molecule has 2 rings (SSSR count). The van der Waals surface area contributed by atoms with Gasteiger partial charge in [0.2, 0.25) is 0 Å². The lowest BCUT2D eigenvalue weighted by atomic mass is 9.87. The molecule has 18 heavy (non-hydrogen) atoms. The first-order valence-electron chi connectivity index (χ1n) is 6.90. The number of nitrogens with one attached hydrogen (secondary N) is 1. The minimum absolute atomic E-state index is 0.312. The quantitative estimate of drug-likeness (QED) is 0.782. The molecule has 0 radical (unpaired) electrons. The lowest BCUT2D eigenvalue weighted by Gasteiger charge is -2.26. The Labute approximate surface area is 109 Å². The highest BCUT2D eigenvalue weighted by Gasteiger charge is 2.19. The van der Waals surface area contributed by atoms with Gasteiger partial charge in [-0.05, 0) is 49.1 Å². The van der Waals surface area contributed by atoms with Crippen LogP contribution >= 0.6 is 0 Å². The molecule has 3 heteroatoms. The molecule has 0 bridgehead atoms. The minimum Gasteiger partial charge on any atom is -0.493 e. The summed E-state index contributed by atoms with van der Waals surface area (Å²) in [5.41, 5.74) is 2.78. The van der Waals surface area contributed by atoms with Gasteiger partial charge in [0.05, 0.1) is 13.3 Å². The first-order valence-corrected chi connectivity index (χ1v) is 6.90. The van der Waals surface area contributed by atoms with E-state index in [0.29, 0.717) is 19.1 Å². The molecule has 0 heterocycles. The van der Waals surface area contributed by atoms with Gasteiger partial charge in [0, 0.05) is 12.5 Å². The van der Waals surface area contributed by atoms with Gasteiger partial charge in [-0.25, -0.2) is 0 Å². The molecule has 1 N–H and O–H groups in total. The van der Waals surface area contributed by atoms with Crippen LogP contribution in [0.15, 0.2) is 18.2 Å². The Balaban J connectivity index is 2.06. The van der Waals surface area contributed by atoms with Crippen molar-refractivity contribution in [2.75, 3.05) is 19.8 Å². The zero-order valence-corrected chi connectivity index (χ0v) is 11.0. The number of aryl methyl sites for hydroxylation is 1. The Bertz CT molecular complexity index is 381. The average molecular weight is 251 g/mol. The van der Waals surface area contributed by atoms with Gasteiger partial charge in [0.15, 0.2) is 0 Å². The molecule has 100 valence electrons. The second-order valence-corrected chi connectivity index (χ2v) is 4.75. The van der Waals surface area contributed by atoms with Crippen LogP contribution in [-0.2, 0) is 6.42 Å². The number of rotatable bonds is 6. The first kappa shape index (κ1) is 13.3. The van der Waals surface area contributed by atoms with E-state index in [0.717, 1.165) is 18.7 Å². The summed E-state index contributed by atoms with van der Waals surface area (Å²) in [6, 6.07) is 6.77. The highest BCUT2D eigenvalue weighted by Crippen LogP contribution is 2.32. The van der Waals surface area contributed by atoms with Gasteiger partial charge in [-0.1, -0.05) is 13.0 Å². The van der Waals surface area contributed by atoms with E-state index < -0.39 is 0 Å². The summed E-state index contributed by atoms with van der Waals surface area (Å²) in [4.78, 5) is 0. The molecule has 0 fully saturated rings. The number of fused-ring (bicyclic) bond motifs is 1. The van der Waals surface area contributed by atoms with E-state index in [-0.39, 0.29) is 6.67 Å². The molecule has 1 aliphatic rings. The highest BCUT2D eigenvalue weighted by atomic mass is 19.1. The number of alkyl halides is 1. The monoisotopic (exact) mass is 251 g/mol. The minimum atomic E-state index is -0.312. The molecule has 0 spiro atoms. The molecule has 0 aliphatic heterocycles. The molecule has 0 amide bonds. The maximum atomic E-state index is 12.0. The number of halogens is 1. The summed E-state index contributed by atoms with van der Waals surface area (Å²) in [6.45, 7) is 3.29. The molecular formula is C15H22FNO. The molecule has 1 unspecified atom stereocenters. The fourth-order valence-corrected chi connectivity index (χ4v) is 2.58. The SMILES string of the molecule is CCNC1CCCc2cc(OCCCF)ccc21. The van der Waals surface area contributed by atoms with E-state index in [1.807, 2.05) is 6.07 Å². The number of ether oxygens (including phenoxy) is 1. The van der Waals surface area contributed by atoms with Gasteiger partial charge in [-0.15, -0.1) is 0 Å². The molecule has 1 aromatic carbocycles. The lowest BCUT2D eigenvalue weighted by Crippen LogP contribution is -2.24. The van der Waals surface area contributed by atoms with Crippen molar-refractivity contribution >= 4 is 0 Å². The zero-order chi connectivity index (χ0) is 12.8. The molecule has 2 nitrogen and oxygen atoms in total. The normalized spacial score (nSPS) is 18.4. The number of benzene rings is 1. The van der Waals surface area contributed by atoms with Crippen molar-refractivity contribution in [2.24, 2.45) is 0 Å². The van der Waals surface area contributed by atoms with Crippen LogP contribution in [-0.4, -0.2) is 19.8 Å². The van der Waals surface area contributed by atoms with E-state index in [1.165, 1.54) is 24.0 Å². The van der Waals surface area contributed by atoms with Gasteiger partial charge < -0.3 is 10.1 Å². The fourth-order valence-electron chi connectivity index (χ4n) is 2.58. The standard InChI is InChI=1S/C15H22FNO/c1-2-17-15-6-3-5-12-11-13(7-8-14(12)15)18-10-4-9-16/h7-8,11,15,17H,2-6,9-10H2,1H3. The zero-order valence-electron chi connectivity index (χ0n) is 11.0. The average Bonchev–Trinajstić information content (AvgIpc) is 2.39. The predicted molar refractivity (Wildman–Crippen MR) is 71.9 cm³/mol. The van der Waals surface area contributed by atoms with Crippen LogP contribution in [0.4, 0.5) is 4.39 Å². The van der Waals surface area contributed by atoms with Crippen molar-refractivity contribution < 1.29 is 9.13 Å². The van der Waals surface area contributed by atoms with Crippen molar-refractivity contribution in [1.29, 1.82) is 0 Å². The molecule has 0 saturated carbocycles. The Morgan fingerprint density at radius 2 is 2.33 bits per heavy atom. The van der Waals surface area contributed by atoms with Crippen LogP contribution in [0.2, 0.25) is 0 Å². The summed E-state index contributed by atoms with van der Waals surface area (Å²) in [5.74, 6) is 0.874. The van der Waals surface area contributed by atoms with E-state index in [2.05, 4.69) is 24.4 Å². The summed E-state index contributed by atoms with van der Waals surface area (Å²) >= 11 is 0. The van der Waals surface area contributed by atoms with Crippen molar-refractivity contribution in [3.05, 3.63) is 29.3 Å². The molecule has 1 aliphatic carbocycles. The number of hydrogen-bond acceptors (Lipinski definition) is 2. The Morgan fingerprint density at radius 1 is 1.44 bits per heavy atom. The van der Waals surface area contributed by atoms with Gasteiger partial charge in [-0.3, -0.25) is 4.39 Å². The van der Waals surface area contributed by atoms with E-state index in [4.69, 9.17) is 4.74 Å².